The van der Waals surface area contributed by atoms with Gasteiger partial charge in [0, 0.05) is 64.0 Å². The lowest BCUT2D eigenvalue weighted by Crippen LogP contribution is -2.49. The Kier molecular flexibility index (Phi) is 5.01. The molecule has 0 bridgehead atoms. The van der Waals surface area contributed by atoms with Gasteiger partial charge in [0.25, 0.3) is 0 Å². The van der Waals surface area contributed by atoms with Crippen molar-refractivity contribution in [2.24, 2.45) is 0 Å². The Morgan fingerprint density at radius 2 is 2.00 bits per heavy atom. The van der Waals surface area contributed by atoms with Crippen LogP contribution in [-0.4, -0.2) is 63.9 Å². The molecule has 5 nitrogen and oxygen atoms in total. The average molecular weight is 271 g/mol. The van der Waals surface area contributed by atoms with E-state index in [0.29, 0.717) is 12.3 Å². The fourth-order valence-corrected chi connectivity index (χ4v) is 2.30. The van der Waals surface area contributed by atoms with E-state index in [1.165, 1.54) is 0 Å². The largest absolute Gasteiger partial charge is 0.340 e. The molecule has 100 valence electrons. The van der Waals surface area contributed by atoms with Crippen LogP contribution < -0.4 is 0 Å². The van der Waals surface area contributed by atoms with E-state index in [4.69, 9.17) is 11.6 Å². The molecule has 0 atom stereocenters. The highest BCUT2D eigenvalue weighted by Crippen LogP contribution is 2.04. The Hall–Kier alpha value is -1.07. The van der Waals surface area contributed by atoms with Crippen molar-refractivity contribution in [3.05, 3.63) is 18.7 Å². The molecular formula is C12H19ClN4O. The van der Waals surface area contributed by atoms with Gasteiger partial charge in [-0.05, 0) is 0 Å². The van der Waals surface area contributed by atoms with Crippen LogP contribution in [0.3, 0.4) is 0 Å². The van der Waals surface area contributed by atoms with E-state index in [-0.39, 0.29) is 5.91 Å². The summed E-state index contributed by atoms with van der Waals surface area (Å²) in [6, 6.07) is 0. The maximum absolute atomic E-state index is 11.7. The van der Waals surface area contributed by atoms with Crippen LogP contribution in [0.15, 0.2) is 18.7 Å². The van der Waals surface area contributed by atoms with Gasteiger partial charge in [-0.25, -0.2) is 4.98 Å². The molecule has 1 aromatic heterocycles. The fourth-order valence-electron chi connectivity index (χ4n) is 2.14. The van der Waals surface area contributed by atoms with E-state index in [2.05, 4.69) is 14.5 Å². The van der Waals surface area contributed by atoms with Crippen molar-refractivity contribution in [2.75, 3.05) is 38.6 Å². The lowest BCUT2D eigenvalue weighted by atomic mass is 10.3. The predicted octanol–water partition coefficient (Wildman–Crippen LogP) is 0.656. The highest BCUT2D eigenvalue weighted by molar-refractivity contribution is 6.18. The standard InChI is InChI=1S/C12H19ClN4O/c13-2-1-12(18)17-9-7-15(8-10-17)5-6-16-4-3-14-11-16/h3-4,11H,1-2,5-10H2. The first-order chi connectivity index (χ1) is 8.79. The Morgan fingerprint density at radius 3 is 2.61 bits per heavy atom. The second kappa shape index (κ2) is 6.75. The Labute approximate surface area is 112 Å². The second-order valence-electron chi connectivity index (χ2n) is 4.46. The molecule has 0 aliphatic carbocycles. The molecule has 1 fully saturated rings. The summed E-state index contributed by atoms with van der Waals surface area (Å²) in [5, 5.41) is 0. The molecule has 1 amide bonds. The molecule has 0 spiro atoms. The minimum absolute atomic E-state index is 0.180. The smallest absolute Gasteiger partial charge is 0.223 e. The number of alkyl halides is 1. The minimum Gasteiger partial charge on any atom is -0.340 e. The van der Waals surface area contributed by atoms with Crippen molar-refractivity contribution in [2.45, 2.75) is 13.0 Å². The van der Waals surface area contributed by atoms with Crippen LogP contribution in [0.4, 0.5) is 0 Å². The van der Waals surface area contributed by atoms with Crippen molar-refractivity contribution in [3.63, 3.8) is 0 Å². The first-order valence-corrected chi connectivity index (χ1v) is 6.85. The van der Waals surface area contributed by atoms with Crippen molar-refractivity contribution >= 4 is 17.5 Å². The van der Waals surface area contributed by atoms with Crippen molar-refractivity contribution < 1.29 is 4.79 Å². The number of carbonyl (C=O) groups is 1. The fraction of sp³-hybridized carbons (Fsp3) is 0.667. The van der Waals surface area contributed by atoms with Gasteiger partial charge < -0.3 is 9.47 Å². The number of hydrogen-bond donors (Lipinski definition) is 0. The molecule has 1 aromatic rings. The number of aromatic nitrogens is 2. The average Bonchev–Trinajstić information content (AvgIpc) is 2.90. The summed E-state index contributed by atoms with van der Waals surface area (Å²) in [7, 11) is 0. The molecule has 1 aliphatic rings. The molecule has 6 heteroatoms. The molecule has 0 saturated carbocycles. The van der Waals surface area contributed by atoms with Crippen LogP contribution in [0.2, 0.25) is 0 Å². The number of piperazine rings is 1. The van der Waals surface area contributed by atoms with Gasteiger partial charge in [-0.3, -0.25) is 9.69 Å². The van der Waals surface area contributed by atoms with E-state index in [9.17, 15) is 4.79 Å². The first-order valence-electron chi connectivity index (χ1n) is 6.31. The first kappa shape index (κ1) is 13.4. The normalized spacial score (nSPS) is 17.1. The Bertz CT molecular complexity index is 360. The number of carbonyl (C=O) groups excluding carboxylic acids is 1. The topological polar surface area (TPSA) is 41.4 Å². The number of amides is 1. The monoisotopic (exact) mass is 270 g/mol. The van der Waals surface area contributed by atoms with Crippen LogP contribution in [0.25, 0.3) is 0 Å². The Balaban J connectivity index is 1.68. The van der Waals surface area contributed by atoms with E-state index < -0.39 is 0 Å². The van der Waals surface area contributed by atoms with Gasteiger partial charge in [-0.2, -0.15) is 0 Å². The minimum atomic E-state index is 0.180. The predicted molar refractivity (Wildman–Crippen MR) is 70.6 cm³/mol. The van der Waals surface area contributed by atoms with Gasteiger partial charge in [0.2, 0.25) is 5.91 Å². The summed E-state index contributed by atoms with van der Waals surface area (Å²) >= 11 is 5.58. The summed E-state index contributed by atoms with van der Waals surface area (Å²) in [5.74, 6) is 0.596. The third kappa shape index (κ3) is 3.71. The van der Waals surface area contributed by atoms with Crippen molar-refractivity contribution in [1.82, 2.24) is 19.4 Å². The maximum atomic E-state index is 11.7. The van der Waals surface area contributed by atoms with Crippen molar-refractivity contribution in [1.29, 1.82) is 0 Å². The maximum Gasteiger partial charge on any atom is 0.223 e. The molecule has 18 heavy (non-hydrogen) atoms. The van der Waals surface area contributed by atoms with Gasteiger partial charge in [0.1, 0.15) is 0 Å². The number of nitrogens with zero attached hydrogens (tertiary/aromatic N) is 4. The number of hydrogen-bond acceptors (Lipinski definition) is 3. The number of rotatable bonds is 5. The molecule has 0 unspecified atom stereocenters. The SMILES string of the molecule is O=C(CCCl)N1CCN(CCn2ccnc2)CC1. The van der Waals surface area contributed by atoms with Gasteiger partial charge >= 0.3 is 0 Å². The molecule has 2 heterocycles. The van der Waals surface area contributed by atoms with Crippen LogP contribution in [-0.2, 0) is 11.3 Å². The molecule has 1 aliphatic heterocycles. The lowest BCUT2D eigenvalue weighted by Gasteiger charge is -2.34. The summed E-state index contributed by atoms with van der Waals surface area (Å²) in [6.45, 7) is 5.49. The molecule has 2 rings (SSSR count). The van der Waals surface area contributed by atoms with Gasteiger partial charge in [-0.1, -0.05) is 0 Å². The quantitative estimate of drug-likeness (QED) is 0.738. The van der Waals surface area contributed by atoms with Gasteiger partial charge in [0.05, 0.1) is 6.33 Å². The third-order valence-electron chi connectivity index (χ3n) is 3.27. The molecular weight excluding hydrogens is 252 g/mol. The summed E-state index contributed by atoms with van der Waals surface area (Å²) in [4.78, 5) is 20.0. The van der Waals surface area contributed by atoms with E-state index in [1.807, 2.05) is 17.4 Å². The van der Waals surface area contributed by atoms with E-state index >= 15 is 0 Å². The highest BCUT2D eigenvalue weighted by Gasteiger charge is 2.19. The van der Waals surface area contributed by atoms with Crippen molar-refractivity contribution in [3.8, 4) is 0 Å². The zero-order chi connectivity index (χ0) is 12.8. The molecule has 0 N–H and O–H groups in total. The van der Waals surface area contributed by atoms with Crippen LogP contribution in [0.5, 0.6) is 0 Å². The van der Waals surface area contributed by atoms with Crippen LogP contribution in [0.1, 0.15) is 6.42 Å². The zero-order valence-corrected chi connectivity index (χ0v) is 11.2. The van der Waals surface area contributed by atoms with E-state index in [1.54, 1.807) is 6.20 Å². The lowest BCUT2D eigenvalue weighted by molar-refractivity contribution is -0.132. The summed E-state index contributed by atoms with van der Waals surface area (Å²) in [5.41, 5.74) is 0. The third-order valence-corrected chi connectivity index (χ3v) is 3.46. The number of imidazole rings is 1. The summed E-state index contributed by atoms with van der Waals surface area (Å²) in [6.07, 6.45) is 6.06. The Morgan fingerprint density at radius 1 is 1.22 bits per heavy atom. The molecule has 0 aromatic carbocycles. The molecule has 0 radical (unpaired) electrons. The highest BCUT2D eigenvalue weighted by atomic mass is 35.5. The molecule has 1 saturated heterocycles. The van der Waals surface area contributed by atoms with E-state index in [0.717, 1.165) is 39.3 Å². The second-order valence-corrected chi connectivity index (χ2v) is 4.84. The van der Waals surface area contributed by atoms with Gasteiger partial charge in [0.15, 0.2) is 0 Å². The zero-order valence-electron chi connectivity index (χ0n) is 10.5. The number of halogens is 1. The van der Waals surface area contributed by atoms with Gasteiger partial charge in [-0.15, -0.1) is 11.6 Å². The summed E-state index contributed by atoms with van der Waals surface area (Å²) < 4.78 is 2.07. The van der Waals surface area contributed by atoms with Crippen LogP contribution in [0, 0.1) is 0 Å². The van der Waals surface area contributed by atoms with Crippen LogP contribution >= 0.6 is 11.6 Å².